The lowest BCUT2D eigenvalue weighted by Gasteiger charge is -2.32. The quantitative estimate of drug-likeness (QED) is 0.634. The average molecular weight is 388 g/mol. The van der Waals surface area contributed by atoms with Crippen LogP contribution in [0.4, 0.5) is 4.39 Å². The molecule has 2 aromatic heterocycles. The molecule has 2 aliphatic rings. The van der Waals surface area contributed by atoms with E-state index >= 15 is 4.39 Å². The van der Waals surface area contributed by atoms with E-state index in [9.17, 15) is 0 Å². The molecule has 0 unspecified atom stereocenters. The molecule has 0 amide bonds. The predicted octanol–water partition coefficient (Wildman–Crippen LogP) is 5.67. The second-order valence-corrected chi connectivity index (χ2v) is 9.25. The summed E-state index contributed by atoms with van der Waals surface area (Å²) in [4.78, 5) is 0. The van der Waals surface area contributed by atoms with Crippen molar-refractivity contribution in [3.8, 4) is 11.3 Å². The topological polar surface area (TPSA) is 36.3 Å². The first-order valence-corrected chi connectivity index (χ1v) is 10.6. The van der Waals surface area contributed by atoms with Gasteiger partial charge in [-0.15, -0.1) is 0 Å². The molecule has 7 heteroatoms. The summed E-state index contributed by atoms with van der Waals surface area (Å²) in [6, 6.07) is 4.34. The Morgan fingerprint density at radius 3 is 2.52 bits per heavy atom. The molecule has 0 radical (unpaired) electrons. The second kappa shape index (κ2) is 6.87. The van der Waals surface area contributed by atoms with Crippen LogP contribution in [0.15, 0.2) is 28.6 Å². The number of thiophene rings is 1. The van der Waals surface area contributed by atoms with Crippen molar-refractivity contribution < 1.29 is 13.7 Å². The Balaban J connectivity index is 1.67. The summed E-state index contributed by atoms with van der Waals surface area (Å²) >= 11 is 1.64. The maximum atomic E-state index is 15.1. The monoisotopic (exact) mass is 388 g/mol. The lowest BCUT2D eigenvalue weighted by molar-refractivity contribution is 0.00578. The molecule has 0 N–H and O–H groups in total. The number of halogens is 1. The molecule has 4 rings (SSSR count). The van der Waals surface area contributed by atoms with E-state index in [4.69, 9.17) is 14.4 Å². The van der Waals surface area contributed by atoms with E-state index in [1.807, 2.05) is 49.9 Å². The first-order valence-electron chi connectivity index (χ1n) is 9.62. The predicted molar refractivity (Wildman–Crippen MR) is 108 cm³/mol. The third-order valence-corrected chi connectivity index (χ3v) is 6.70. The summed E-state index contributed by atoms with van der Waals surface area (Å²) < 4.78 is 28.8. The SMILES string of the molecule is CC1(C)OB(C(F)=Cc2cc(-c3ccsc3)nn2C2CCCC2)OC1(C)C. The van der Waals surface area contributed by atoms with E-state index in [1.54, 1.807) is 11.3 Å². The highest BCUT2D eigenvalue weighted by molar-refractivity contribution is 7.08. The lowest BCUT2D eigenvalue weighted by atomic mass is 9.87. The molecule has 4 nitrogen and oxygen atoms in total. The Labute approximate surface area is 164 Å². The van der Waals surface area contributed by atoms with Gasteiger partial charge in [-0.1, -0.05) is 12.8 Å². The fourth-order valence-electron chi connectivity index (χ4n) is 3.67. The van der Waals surface area contributed by atoms with Gasteiger partial charge in [0, 0.05) is 10.9 Å². The molecule has 144 valence electrons. The van der Waals surface area contributed by atoms with Gasteiger partial charge in [0.25, 0.3) is 0 Å². The largest absolute Gasteiger partial charge is 0.525 e. The summed E-state index contributed by atoms with van der Waals surface area (Å²) in [6.45, 7) is 7.71. The Morgan fingerprint density at radius 1 is 1.26 bits per heavy atom. The van der Waals surface area contributed by atoms with Crippen LogP contribution < -0.4 is 0 Å². The zero-order valence-corrected chi connectivity index (χ0v) is 17.2. The highest BCUT2D eigenvalue weighted by Gasteiger charge is 2.53. The lowest BCUT2D eigenvalue weighted by Crippen LogP contribution is -2.41. The van der Waals surface area contributed by atoms with Crippen LogP contribution in [0, 0.1) is 0 Å². The minimum atomic E-state index is -0.980. The van der Waals surface area contributed by atoms with Crippen molar-refractivity contribution in [2.45, 2.75) is 70.6 Å². The molecule has 0 atom stereocenters. The van der Waals surface area contributed by atoms with Gasteiger partial charge in [-0.2, -0.15) is 16.4 Å². The Bertz CT molecular complexity index is 822. The molecule has 2 aromatic rings. The summed E-state index contributed by atoms with van der Waals surface area (Å²) in [5.41, 5.74) is 1.20. The van der Waals surface area contributed by atoms with Crippen molar-refractivity contribution in [2.75, 3.05) is 0 Å². The van der Waals surface area contributed by atoms with Gasteiger partial charge in [0.2, 0.25) is 0 Å². The zero-order valence-electron chi connectivity index (χ0n) is 16.4. The number of nitrogens with zero attached hydrogens (tertiary/aromatic N) is 2. The third-order valence-electron chi connectivity index (χ3n) is 6.02. The number of hydrogen-bond donors (Lipinski definition) is 0. The van der Waals surface area contributed by atoms with E-state index in [-0.39, 0.29) is 0 Å². The normalized spacial score (nSPS) is 22.7. The molecule has 3 heterocycles. The van der Waals surface area contributed by atoms with E-state index in [2.05, 4.69) is 5.38 Å². The molecule has 1 aliphatic carbocycles. The highest BCUT2D eigenvalue weighted by Crippen LogP contribution is 2.39. The summed E-state index contributed by atoms with van der Waals surface area (Å²) in [7, 11) is -0.980. The fraction of sp³-hybridized carbons (Fsp3) is 0.550. The standard InChI is InChI=1S/C20H26BFN2O2S/c1-19(2)20(3,4)26-21(25-19)18(22)12-16-11-17(14-9-10-27-13-14)23-24(16)15-7-5-6-8-15/h9-13,15H,5-8H2,1-4H3. The Hall–Kier alpha value is -1.44. The first kappa shape index (κ1) is 18.9. The summed E-state index contributed by atoms with van der Waals surface area (Å²) in [6.07, 6.45) is 6.10. The van der Waals surface area contributed by atoms with Gasteiger partial charge >= 0.3 is 7.12 Å². The highest BCUT2D eigenvalue weighted by atomic mass is 32.1. The first-order chi connectivity index (χ1) is 12.8. The maximum absolute atomic E-state index is 15.1. The van der Waals surface area contributed by atoms with Crippen molar-refractivity contribution in [1.29, 1.82) is 0 Å². The van der Waals surface area contributed by atoms with Crippen molar-refractivity contribution >= 4 is 24.5 Å². The van der Waals surface area contributed by atoms with Crippen molar-refractivity contribution in [3.63, 3.8) is 0 Å². The summed E-state index contributed by atoms with van der Waals surface area (Å²) in [5, 5.41) is 8.90. The van der Waals surface area contributed by atoms with Crippen LogP contribution in [0.1, 0.15) is 65.1 Å². The number of rotatable bonds is 4. The minimum Gasteiger partial charge on any atom is -0.398 e. The Morgan fingerprint density at radius 2 is 1.93 bits per heavy atom. The molecule has 0 spiro atoms. The molecule has 1 aliphatic heterocycles. The minimum absolute atomic E-state index is 0.328. The van der Waals surface area contributed by atoms with Crippen LogP contribution in [-0.4, -0.2) is 28.1 Å². The van der Waals surface area contributed by atoms with E-state index in [0.717, 1.165) is 29.8 Å². The van der Waals surface area contributed by atoms with Crippen LogP contribution in [-0.2, 0) is 9.31 Å². The second-order valence-electron chi connectivity index (χ2n) is 8.47. The third kappa shape index (κ3) is 3.53. The molecule has 2 fully saturated rings. The van der Waals surface area contributed by atoms with Crippen LogP contribution in [0.25, 0.3) is 17.3 Å². The van der Waals surface area contributed by atoms with Gasteiger partial charge in [-0.25, -0.2) is 4.39 Å². The van der Waals surface area contributed by atoms with Crippen LogP contribution in [0.5, 0.6) is 0 Å². The fourth-order valence-corrected chi connectivity index (χ4v) is 4.32. The Kier molecular flexibility index (Phi) is 4.81. The maximum Gasteiger partial charge on any atom is 0.525 e. The van der Waals surface area contributed by atoms with Crippen molar-refractivity contribution in [2.24, 2.45) is 0 Å². The van der Waals surface area contributed by atoms with Gasteiger partial charge in [-0.3, -0.25) is 4.68 Å². The molecule has 0 bridgehead atoms. The van der Waals surface area contributed by atoms with Crippen LogP contribution in [0.3, 0.4) is 0 Å². The van der Waals surface area contributed by atoms with Gasteiger partial charge in [-0.05, 0) is 64.1 Å². The molecular formula is C20H26BFN2O2S. The van der Waals surface area contributed by atoms with Gasteiger partial charge in [0.1, 0.15) is 5.73 Å². The van der Waals surface area contributed by atoms with E-state index in [0.29, 0.717) is 6.04 Å². The molecule has 27 heavy (non-hydrogen) atoms. The smallest absolute Gasteiger partial charge is 0.398 e. The van der Waals surface area contributed by atoms with Crippen molar-refractivity contribution in [1.82, 2.24) is 9.78 Å². The van der Waals surface area contributed by atoms with Gasteiger partial charge in [0.05, 0.1) is 28.6 Å². The molecular weight excluding hydrogens is 362 g/mol. The van der Waals surface area contributed by atoms with E-state index < -0.39 is 24.0 Å². The van der Waals surface area contributed by atoms with Gasteiger partial charge in [0.15, 0.2) is 0 Å². The summed E-state index contributed by atoms with van der Waals surface area (Å²) in [5.74, 6) is 0. The number of aromatic nitrogens is 2. The van der Waals surface area contributed by atoms with Crippen molar-refractivity contribution in [3.05, 3.63) is 34.3 Å². The average Bonchev–Trinajstić information content (AvgIpc) is 3.35. The molecule has 1 saturated heterocycles. The van der Waals surface area contributed by atoms with Crippen LogP contribution >= 0.6 is 11.3 Å². The zero-order chi connectivity index (χ0) is 19.2. The van der Waals surface area contributed by atoms with E-state index in [1.165, 1.54) is 18.9 Å². The number of hydrogen-bond acceptors (Lipinski definition) is 4. The van der Waals surface area contributed by atoms with Crippen LogP contribution in [0.2, 0.25) is 0 Å². The van der Waals surface area contributed by atoms with Gasteiger partial charge < -0.3 is 9.31 Å². The molecule has 1 saturated carbocycles. The molecule has 0 aromatic carbocycles.